The molecule has 28 heavy (non-hydrogen) atoms. The zero-order valence-electron chi connectivity index (χ0n) is 14.8. The largest absolute Gasteiger partial charge is 0.385 e. The number of nitrogens with zero attached hydrogens (tertiary/aromatic N) is 2. The molecule has 3 N–H and O–H groups in total. The third kappa shape index (κ3) is 2.67. The van der Waals surface area contributed by atoms with E-state index in [0.717, 1.165) is 16.5 Å². The van der Waals surface area contributed by atoms with Gasteiger partial charge in [-0.1, -0.05) is 17.7 Å². The molecular weight excluding hydrogens is 376 g/mol. The lowest BCUT2D eigenvalue weighted by atomic mass is 9.86. The van der Waals surface area contributed by atoms with Crippen LogP contribution < -0.4 is 5.32 Å². The van der Waals surface area contributed by atoms with Crippen molar-refractivity contribution in [1.82, 2.24) is 15.5 Å². The summed E-state index contributed by atoms with van der Waals surface area (Å²) in [5.41, 5.74) is 1.57. The average Bonchev–Trinajstić information content (AvgIpc) is 3.06. The van der Waals surface area contributed by atoms with Crippen LogP contribution in [0.25, 0.3) is 10.9 Å². The van der Waals surface area contributed by atoms with E-state index in [4.69, 9.17) is 16.9 Å². The third-order valence-corrected chi connectivity index (χ3v) is 6.27. The van der Waals surface area contributed by atoms with E-state index in [1.165, 1.54) is 0 Å². The number of nitrogens with one attached hydrogen (secondary N) is 2. The molecule has 0 saturated heterocycles. The van der Waals surface area contributed by atoms with Crippen molar-refractivity contribution in [3.05, 3.63) is 64.3 Å². The maximum absolute atomic E-state index is 12.5. The lowest BCUT2D eigenvalue weighted by Crippen LogP contribution is -2.33. The summed E-state index contributed by atoms with van der Waals surface area (Å²) in [6.45, 7) is 0. The van der Waals surface area contributed by atoms with E-state index in [1.54, 1.807) is 36.5 Å². The molecule has 1 amide bonds. The minimum atomic E-state index is -0.968. The van der Waals surface area contributed by atoms with Gasteiger partial charge >= 0.3 is 0 Å². The average molecular weight is 393 g/mol. The lowest BCUT2D eigenvalue weighted by molar-refractivity contribution is 0.0293. The van der Waals surface area contributed by atoms with Gasteiger partial charge in [0.1, 0.15) is 0 Å². The number of halogens is 1. The molecule has 1 aromatic heterocycles. The predicted octanol–water partition coefficient (Wildman–Crippen LogP) is 3.11. The fraction of sp³-hybridized carbons (Fsp3) is 0.286. The summed E-state index contributed by atoms with van der Waals surface area (Å²) in [4.78, 5) is 12.5. The number of rotatable bonds is 3. The van der Waals surface area contributed by atoms with E-state index < -0.39 is 5.60 Å². The van der Waals surface area contributed by atoms with Crippen molar-refractivity contribution >= 4 is 28.4 Å². The highest BCUT2D eigenvalue weighted by atomic mass is 35.5. The summed E-state index contributed by atoms with van der Waals surface area (Å²) in [6, 6.07) is 12.4. The number of hydrogen-bond acceptors (Lipinski definition) is 4. The molecule has 1 heterocycles. The Hall–Kier alpha value is -2.88. The summed E-state index contributed by atoms with van der Waals surface area (Å²) in [6.07, 6.45) is 2.85. The summed E-state index contributed by atoms with van der Waals surface area (Å²) in [5.74, 6) is 0.281. The van der Waals surface area contributed by atoms with Gasteiger partial charge in [0, 0.05) is 22.0 Å². The van der Waals surface area contributed by atoms with Gasteiger partial charge in [0.2, 0.25) is 0 Å². The summed E-state index contributed by atoms with van der Waals surface area (Å²) in [7, 11) is 0. The van der Waals surface area contributed by atoms with Gasteiger partial charge in [-0.3, -0.25) is 9.89 Å². The first-order valence-corrected chi connectivity index (χ1v) is 9.53. The van der Waals surface area contributed by atoms with Crippen molar-refractivity contribution in [2.45, 2.75) is 24.5 Å². The van der Waals surface area contributed by atoms with Crippen LogP contribution in [0, 0.1) is 23.2 Å². The Morgan fingerprint density at radius 3 is 2.86 bits per heavy atom. The summed E-state index contributed by atoms with van der Waals surface area (Å²) >= 11 is 6.22. The van der Waals surface area contributed by atoms with Crippen molar-refractivity contribution in [2.24, 2.45) is 11.8 Å². The van der Waals surface area contributed by atoms with Gasteiger partial charge in [0.15, 0.2) is 0 Å². The Kier molecular flexibility index (Phi) is 3.73. The molecular formula is C21H17ClN4O2. The molecule has 0 unspecified atom stereocenters. The van der Waals surface area contributed by atoms with Crippen LogP contribution in [0.3, 0.4) is 0 Å². The molecule has 3 aromatic rings. The minimum absolute atomic E-state index is 0.0533. The van der Waals surface area contributed by atoms with E-state index in [9.17, 15) is 9.90 Å². The van der Waals surface area contributed by atoms with Crippen molar-refractivity contribution in [1.29, 1.82) is 5.26 Å². The maximum atomic E-state index is 12.5. The van der Waals surface area contributed by atoms with Crippen molar-refractivity contribution in [2.75, 3.05) is 0 Å². The smallest absolute Gasteiger partial charge is 0.251 e. The van der Waals surface area contributed by atoms with Gasteiger partial charge in [-0.2, -0.15) is 10.4 Å². The van der Waals surface area contributed by atoms with Gasteiger partial charge in [0.25, 0.3) is 5.91 Å². The SMILES string of the molecule is N#Cc1cccc(C(=O)N[C@H]2[C@@H]3C[C@](O)(c4cc(Cl)cc5[nH]ncc45)C[C@@H]32)c1. The van der Waals surface area contributed by atoms with Crippen LogP contribution in [0.4, 0.5) is 0 Å². The number of aliphatic hydroxyl groups is 1. The van der Waals surface area contributed by atoms with Crippen LogP contribution in [0.1, 0.15) is 34.3 Å². The van der Waals surface area contributed by atoms with Crippen LogP contribution in [-0.4, -0.2) is 27.3 Å². The fourth-order valence-corrected chi connectivity index (χ4v) is 4.88. The van der Waals surface area contributed by atoms with Crippen LogP contribution >= 0.6 is 11.6 Å². The lowest BCUT2D eigenvalue weighted by Gasteiger charge is -2.27. The molecule has 2 aliphatic carbocycles. The number of carbonyl (C=O) groups excluding carboxylic acids is 1. The quantitative estimate of drug-likeness (QED) is 0.637. The van der Waals surface area contributed by atoms with Gasteiger partial charge in [-0.05, 0) is 60.6 Å². The number of carbonyl (C=O) groups is 1. The highest BCUT2D eigenvalue weighted by Crippen LogP contribution is 2.60. The molecule has 0 aliphatic heterocycles. The first-order chi connectivity index (χ1) is 13.5. The van der Waals surface area contributed by atoms with E-state index in [-0.39, 0.29) is 23.8 Å². The molecule has 0 bridgehead atoms. The molecule has 4 atom stereocenters. The zero-order chi connectivity index (χ0) is 19.5. The second-order valence-corrected chi connectivity index (χ2v) is 8.18. The van der Waals surface area contributed by atoms with Crippen LogP contribution in [-0.2, 0) is 5.60 Å². The van der Waals surface area contributed by atoms with Crippen molar-refractivity contribution < 1.29 is 9.90 Å². The van der Waals surface area contributed by atoms with E-state index >= 15 is 0 Å². The third-order valence-electron chi connectivity index (χ3n) is 6.05. The molecule has 2 saturated carbocycles. The van der Waals surface area contributed by atoms with Gasteiger partial charge in [0.05, 0.1) is 28.9 Å². The topological polar surface area (TPSA) is 102 Å². The number of fused-ring (bicyclic) bond motifs is 2. The minimum Gasteiger partial charge on any atom is -0.385 e. The number of nitriles is 1. The highest BCUT2D eigenvalue weighted by Gasteiger charge is 2.62. The molecule has 2 aliphatic rings. The normalized spacial score (nSPS) is 28.0. The molecule has 7 heteroatoms. The standard InChI is InChI=1S/C21H17ClN4O2/c22-13-5-17(16-10-24-26-18(16)6-13)21(28)7-14-15(8-21)19(14)25-20(27)12-3-1-2-11(4-12)9-23/h1-6,10,14-15,19,28H,7-8H2,(H,24,26)(H,25,27)/t14-,15+,19+,21-. The number of hydrogen-bond donors (Lipinski definition) is 3. The zero-order valence-corrected chi connectivity index (χ0v) is 15.6. The number of aromatic amines is 1. The number of aromatic nitrogens is 2. The molecule has 2 aromatic carbocycles. The first-order valence-electron chi connectivity index (χ1n) is 9.15. The van der Waals surface area contributed by atoms with Crippen molar-refractivity contribution in [3.63, 3.8) is 0 Å². The Morgan fingerprint density at radius 1 is 1.32 bits per heavy atom. The Bertz CT molecular complexity index is 1140. The van der Waals surface area contributed by atoms with E-state index in [2.05, 4.69) is 15.5 Å². The maximum Gasteiger partial charge on any atom is 0.251 e. The van der Waals surface area contributed by atoms with Crippen LogP contribution in [0.2, 0.25) is 5.02 Å². The molecule has 0 spiro atoms. The number of H-pyrrole nitrogens is 1. The Morgan fingerprint density at radius 2 is 2.11 bits per heavy atom. The second-order valence-electron chi connectivity index (χ2n) is 7.74. The monoisotopic (exact) mass is 392 g/mol. The van der Waals surface area contributed by atoms with Crippen LogP contribution in [0.5, 0.6) is 0 Å². The first kappa shape index (κ1) is 17.2. The van der Waals surface area contributed by atoms with Gasteiger partial charge < -0.3 is 10.4 Å². The summed E-state index contributed by atoms with van der Waals surface area (Å²) < 4.78 is 0. The summed E-state index contributed by atoms with van der Waals surface area (Å²) in [5, 5.41) is 31.7. The molecule has 5 rings (SSSR count). The van der Waals surface area contributed by atoms with Gasteiger partial charge in [-0.15, -0.1) is 0 Å². The molecule has 6 nitrogen and oxygen atoms in total. The Balaban J connectivity index is 1.32. The molecule has 0 radical (unpaired) electrons. The van der Waals surface area contributed by atoms with Crippen molar-refractivity contribution in [3.8, 4) is 6.07 Å². The predicted molar refractivity (Wildman–Crippen MR) is 104 cm³/mol. The van der Waals surface area contributed by atoms with Gasteiger partial charge in [-0.25, -0.2) is 0 Å². The molecule has 2 fully saturated rings. The van der Waals surface area contributed by atoms with E-state index in [0.29, 0.717) is 29.0 Å². The van der Waals surface area contributed by atoms with Crippen LogP contribution in [0.15, 0.2) is 42.6 Å². The number of amides is 1. The second kappa shape index (κ2) is 6.06. The molecule has 140 valence electrons. The highest BCUT2D eigenvalue weighted by molar-refractivity contribution is 6.31. The number of benzene rings is 2. The fourth-order valence-electron chi connectivity index (χ4n) is 4.66. The van der Waals surface area contributed by atoms with E-state index in [1.807, 2.05) is 12.1 Å². The Labute approximate surface area is 166 Å².